The molecule has 2 aromatic rings. The lowest BCUT2D eigenvalue weighted by atomic mass is 9.83. The summed E-state index contributed by atoms with van der Waals surface area (Å²) in [7, 11) is 1.65. The number of likely N-dealkylation sites (tertiary alicyclic amines) is 1. The predicted molar refractivity (Wildman–Crippen MR) is 108 cm³/mol. The van der Waals surface area contributed by atoms with E-state index in [0.717, 1.165) is 73.8 Å². The molecule has 2 saturated carbocycles. The smallest absolute Gasteiger partial charge is 0.231 e. The van der Waals surface area contributed by atoms with Gasteiger partial charge in [0.1, 0.15) is 5.75 Å². The molecule has 0 atom stereocenters. The number of ether oxygens (including phenoxy) is 1. The molecule has 1 heterocycles. The number of nitrogens with zero attached hydrogens (tertiary/aromatic N) is 1. The van der Waals surface area contributed by atoms with E-state index in [1.807, 2.05) is 41.3 Å². The molecule has 0 spiro atoms. The Morgan fingerprint density at radius 2 is 1.57 bits per heavy atom. The summed E-state index contributed by atoms with van der Waals surface area (Å²) in [5.41, 5.74) is -0.186. The first-order chi connectivity index (χ1) is 13.6. The fourth-order valence-electron chi connectivity index (χ4n) is 5.09. The van der Waals surface area contributed by atoms with Gasteiger partial charge in [-0.2, -0.15) is 0 Å². The molecule has 5 rings (SSSR count). The molecular formula is C23H26N2O3. The number of nitrogens with one attached hydrogen (secondary N) is 1. The number of anilines is 1. The van der Waals surface area contributed by atoms with Crippen molar-refractivity contribution >= 4 is 28.3 Å². The van der Waals surface area contributed by atoms with Crippen LogP contribution in [-0.2, 0) is 9.59 Å². The Kier molecular flexibility index (Phi) is 3.90. The van der Waals surface area contributed by atoms with Crippen molar-refractivity contribution in [1.29, 1.82) is 0 Å². The van der Waals surface area contributed by atoms with Crippen molar-refractivity contribution in [2.45, 2.75) is 38.5 Å². The molecule has 0 unspecified atom stereocenters. The standard InChI is InChI=1S/C23H26N2O3/c1-28-19-9-8-18(16-6-2-3-7-17(16)19)24-20(26)22(10-11-22)23(12-13-23)21(27)25-14-4-5-15-25/h2-3,6-9H,4-5,10-15H2,1H3,(H,24,26). The summed E-state index contributed by atoms with van der Waals surface area (Å²) in [6, 6.07) is 11.7. The first kappa shape index (κ1) is 17.5. The highest BCUT2D eigenvalue weighted by Gasteiger charge is 2.73. The summed E-state index contributed by atoms with van der Waals surface area (Å²) < 4.78 is 5.46. The zero-order valence-corrected chi connectivity index (χ0v) is 16.3. The van der Waals surface area contributed by atoms with Gasteiger partial charge in [0.05, 0.1) is 17.9 Å². The maximum atomic E-state index is 13.4. The highest BCUT2D eigenvalue weighted by molar-refractivity contribution is 6.09. The number of fused-ring (bicyclic) bond motifs is 1. The van der Waals surface area contributed by atoms with Crippen LogP contribution in [0.4, 0.5) is 5.69 Å². The van der Waals surface area contributed by atoms with Crippen LogP contribution in [0.15, 0.2) is 36.4 Å². The molecule has 5 heteroatoms. The third kappa shape index (κ3) is 2.45. The Labute approximate surface area is 165 Å². The Bertz CT molecular complexity index is 953. The van der Waals surface area contributed by atoms with Gasteiger partial charge >= 0.3 is 0 Å². The minimum Gasteiger partial charge on any atom is -0.496 e. The molecule has 0 aromatic heterocycles. The lowest BCUT2D eigenvalue weighted by molar-refractivity contribution is -0.143. The summed E-state index contributed by atoms with van der Waals surface area (Å²) >= 11 is 0. The van der Waals surface area contributed by atoms with Crippen molar-refractivity contribution in [2.75, 3.05) is 25.5 Å². The number of carbonyl (C=O) groups excluding carboxylic acids is 2. The van der Waals surface area contributed by atoms with E-state index in [2.05, 4.69) is 5.32 Å². The molecule has 1 saturated heterocycles. The molecule has 2 amide bonds. The van der Waals surface area contributed by atoms with E-state index in [-0.39, 0.29) is 11.8 Å². The van der Waals surface area contributed by atoms with Gasteiger partial charge in [0, 0.05) is 29.5 Å². The van der Waals surface area contributed by atoms with Crippen LogP contribution in [-0.4, -0.2) is 36.9 Å². The summed E-state index contributed by atoms with van der Waals surface area (Å²) in [5, 5.41) is 5.10. The van der Waals surface area contributed by atoms with Gasteiger partial charge in [0.15, 0.2) is 0 Å². The lowest BCUT2D eigenvalue weighted by Gasteiger charge is -2.29. The van der Waals surface area contributed by atoms with Gasteiger partial charge in [-0.1, -0.05) is 24.3 Å². The summed E-state index contributed by atoms with van der Waals surface area (Å²) in [6.45, 7) is 1.70. The van der Waals surface area contributed by atoms with Gasteiger partial charge in [0.2, 0.25) is 11.8 Å². The van der Waals surface area contributed by atoms with Crippen molar-refractivity contribution < 1.29 is 14.3 Å². The van der Waals surface area contributed by atoms with Gasteiger partial charge in [-0.3, -0.25) is 9.59 Å². The second kappa shape index (κ2) is 6.23. The molecule has 28 heavy (non-hydrogen) atoms. The van der Waals surface area contributed by atoms with E-state index in [1.165, 1.54) is 0 Å². The minimum absolute atomic E-state index is 0.00728. The van der Waals surface area contributed by atoms with Crippen molar-refractivity contribution in [1.82, 2.24) is 4.90 Å². The van der Waals surface area contributed by atoms with Crippen LogP contribution in [0.25, 0.3) is 10.8 Å². The predicted octanol–water partition coefficient (Wildman–Crippen LogP) is 3.97. The van der Waals surface area contributed by atoms with Crippen LogP contribution in [0.1, 0.15) is 38.5 Å². The molecule has 1 N–H and O–H groups in total. The number of amides is 2. The Hall–Kier alpha value is -2.56. The fraction of sp³-hybridized carbons (Fsp3) is 0.478. The molecule has 5 nitrogen and oxygen atoms in total. The van der Waals surface area contributed by atoms with Crippen LogP contribution < -0.4 is 10.1 Å². The maximum Gasteiger partial charge on any atom is 0.231 e. The topological polar surface area (TPSA) is 58.6 Å². The number of rotatable bonds is 5. The van der Waals surface area contributed by atoms with Gasteiger partial charge < -0.3 is 15.0 Å². The SMILES string of the molecule is COc1ccc(NC(=O)C2(C3(C(=O)N4CCCC4)CC3)CC2)c2ccccc12. The number of carbonyl (C=O) groups is 2. The molecular weight excluding hydrogens is 352 g/mol. The van der Waals surface area contributed by atoms with Crippen molar-refractivity contribution in [3.63, 3.8) is 0 Å². The van der Waals surface area contributed by atoms with Gasteiger partial charge in [-0.05, 0) is 50.7 Å². The van der Waals surface area contributed by atoms with Crippen LogP contribution in [0.2, 0.25) is 0 Å². The van der Waals surface area contributed by atoms with Crippen LogP contribution >= 0.6 is 0 Å². The molecule has 0 bridgehead atoms. The van der Waals surface area contributed by atoms with E-state index < -0.39 is 10.8 Å². The quantitative estimate of drug-likeness (QED) is 0.856. The zero-order chi connectivity index (χ0) is 19.4. The Morgan fingerprint density at radius 3 is 2.18 bits per heavy atom. The van der Waals surface area contributed by atoms with Gasteiger partial charge in [-0.15, -0.1) is 0 Å². The maximum absolute atomic E-state index is 13.4. The van der Waals surface area contributed by atoms with Gasteiger partial charge in [-0.25, -0.2) is 0 Å². The largest absolute Gasteiger partial charge is 0.496 e. The molecule has 1 aliphatic heterocycles. The van der Waals surface area contributed by atoms with E-state index in [4.69, 9.17) is 4.74 Å². The van der Waals surface area contributed by atoms with Crippen molar-refractivity contribution in [3.05, 3.63) is 36.4 Å². The molecule has 2 aliphatic carbocycles. The zero-order valence-electron chi connectivity index (χ0n) is 16.3. The summed E-state index contributed by atoms with van der Waals surface area (Å²) in [5.74, 6) is 1.02. The first-order valence-electron chi connectivity index (χ1n) is 10.3. The second-order valence-corrected chi connectivity index (χ2v) is 8.48. The molecule has 3 fully saturated rings. The Morgan fingerprint density at radius 1 is 0.929 bits per heavy atom. The highest BCUT2D eigenvalue weighted by Crippen LogP contribution is 2.71. The molecule has 146 valence electrons. The second-order valence-electron chi connectivity index (χ2n) is 8.48. The molecule has 3 aliphatic rings. The normalized spacial score (nSPS) is 21.4. The van der Waals surface area contributed by atoms with Crippen LogP contribution in [0, 0.1) is 10.8 Å². The molecule has 2 aromatic carbocycles. The van der Waals surface area contributed by atoms with Crippen molar-refractivity contribution in [3.8, 4) is 5.75 Å². The van der Waals surface area contributed by atoms with E-state index in [1.54, 1.807) is 7.11 Å². The third-order valence-electron chi connectivity index (χ3n) is 7.01. The number of methoxy groups -OCH3 is 1. The summed E-state index contributed by atoms with van der Waals surface area (Å²) in [6.07, 6.45) is 5.48. The summed E-state index contributed by atoms with van der Waals surface area (Å²) in [4.78, 5) is 28.6. The molecule has 0 radical (unpaired) electrons. The fourth-order valence-corrected chi connectivity index (χ4v) is 5.09. The average Bonchev–Trinajstić information content (AvgIpc) is 3.64. The van der Waals surface area contributed by atoms with Crippen LogP contribution in [0.3, 0.4) is 0 Å². The van der Waals surface area contributed by atoms with Crippen LogP contribution in [0.5, 0.6) is 5.75 Å². The lowest BCUT2D eigenvalue weighted by Crippen LogP contribution is -2.44. The number of hydrogen-bond donors (Lipinski definition) is 1. The monoisotopic (exact) mass is 378 g/mol. The highest BCUT2D eigenvalue weighted by atomic mass is 16.5. The van der Waals surface area contributed by atoms with Gasteiger partial charge in [0.25, 0.3) is 0 Å². The number of hydrogen-bond acceptors (Lipinski definition) is 3. The van der Waals surface area contributed by atoms with E-state index in [0.29, 0.717) is 0 Å². The minimum atomic E-state index is -0.520. The Balaban J connectivity index is 1.43. The first-order valence-corrected chi connectivity index (χ1v) is 10.3. The average molecular weight is 378 g/mol. The van der Waals surface area contributed by atoms with Crippen molar-refractivity contribution in [2.24, 2.45) is 10.8 Å². The van der Waals surface area contributed by atoms with E-state index >= 15 is 0 Å². The van der Waals surface area contributed by atoms with E-state index in [9.17, 15) is 9.59 Å². The number of benzene rings is 2. The third-order valence-corrected chi connectivity index (χ3v) is 7.01.